The molecule has 5 nitrogen and oxygen atoms in total. The van der Waals surface area contributed by atoms with E-state index < -0.39 is 0 Å². The van der Waals surface area contributed by atoms with Crippen molar-refractivity contribution >= 4 is 17.7 Å². The van der Waals surface area contributed by atoms with Crippen LogP contribution in [-0.4, -0.2) is 43.9 Å². The van der Waals surface area contributed by atoms with Gasteiger partial charge in [-0.15, -0.1) is 10.2 Å². The number of aromatic nitrogens is 3. The minimum Gasteiger partial charge on any atom is -0.342 e. The van der Waals surface area contributed by atoms with Crippen LogP contribution in [-0.2, 0) is 4.79 Å². The summed E-state index contributed by atoms with van der Waals surface area (Å²) in [4.78, 5) is 15.3. The van der Waals surface area contributed by atoms with Crippen molar-refractivity contribution in [3.63, 3.8) is 0 Å². The van der Waals surface area contributed by atoms with E-state index in [0.717, 1.165) is 29.2 Å². The van der Waals surface area contributed by atoms with E-state index >= 15 is 0 Å². The summed E-state index contributed by atoms with van der Waals surface area (Å²) < 4.78 is 1.99. The van der Waals surface area contributed by atoms with Crippen LogP contribution >= 0.6 is 11.8 Å². The zero-order chi connectivity index (χ0) is 19.4. The van der Waals surface area contributed by atoms with E-state index in [1.54, 1.807) is 6.33 Å². The Balaban J connectivity index is 1.80. The van der Waals surface area contributed by atoms with E-state index in [9.17, 15) is 4.79 Å². The summed E-state index contributed by atoms with van der Waals surface area (Å²) in [6, 6.07) is 8.55. The first-order valence-corrected chi connectivity index (χ1v) is 10.8. The van der Waals surface area contributed by atoms with Crippen molar-refractivity contribution in [1.82, 2.24) is 19.7 Å². The van der Waals surface area contributed by atoms with Crippen molar-refractivity contribution in [3.8, 4) is 5.69 Å². The molecule has 1 heterocycles. The Morgan fingerprint density at radius 2 is 1.93 bits per heavy atom. The molecule has 0 N–H and O–H groups in total. The van der Waals surface area contributed by atoms with Crippen LogP contribution in [0.2, 0.25) is 0 Å². The number of para-hydroxylation sites is 1. The Labute approximate surface area is 166 Å². The summed E-state index contributed by atoms with van der Waals surface area (Å²) in [5.74, 6) is 0.428. The van der Waals surface area contributed by atoms with E-state index in [1.807, 2.05) is 28.6 Å². The summed E-state index contributed by atoms with van der Waals surface area (Å²) in [7, 11) is 1.97. The topological polar surface area (TPSA) is 51.0 Å². The van der Waals surface area contributed by atoms with E-state index in [1.165, 1.54) is 31.0 Å². The van der Waals surface area contributed by atoms with Gasteiger partial charge in [-0.1, -0.05) is 63.1 Å². The van der Waals surface area contributed by atoms with Crippen molar-refractivity contribution in [2.24, 2.45) is 5.92 Å². The monoisotopic (exact) mass is 386 g/mol. The van der Waals surface area contributed by atoms with E-state index in [4.69, 9.17) is 0 Å². The molecule has 0 aliphatic heterocycles. The highest BCUT2D eigenvalue weighted by Gasteiger charge is 2.32. The number of hydrogen-bond acceptors (Lipinski definition) is 4. The molecule has 0 spiro atoms. The second-order valence-electron chi connectivity index (χ2n) is 7.79. The van der Waals surface area contributed by atoms with Crippen LogP contribution in [0, 0.1) is 12.8 Å². The van der Waals surface area contributed by atoms with Crippen molar-refractivity contribution < 1.29 is 4.79 Å². The van der Waals surface area contributed by atoms with Gasteiger partial charge in [0.15, 0.2) is 5.16 Å². The Morgan fingerprint density at radius 3 is 2.59 bits per heavy atom. The number of amides is 1. The molecule has 2 aromatic rings. The number of hydrogen-bond donors (Lipinski definition) is 0. The first-order valence-electron chi connectivity index (χ1n) is 9.88. The zero-order valence-corrected chi connectivity index (χ0v) is 17.6. The third kappa shape index (κ3) is 4.54. The molecule has 0 bridgehead atoms. The van der Waals surface area contributed by atoms with Gasteiger partial charge in [0.25, 0.3) is 0 Å². The van der Waals surface area contributed by atoms with Gasteiger partial charge < -0.3 is 4.90 Å². The van der Waals surface area contributed by atoms with Gasteiger partial charge in [0.1, 0.15) is 6.33 Å². The number of benzene rings is 1. The van der Waals surface area contributed by atoms with E-state index in [-0.39, 0.29) is 17.1 Å². The minimum absolute atomic E-state index is 0.163. The number of carbonyl (C=O) groups is 1. The summed E-state index contributed by atoms with van der Waals surface area (Å²) in [6.07, 6.45) is 7.72. The van der Waals surface area contributed by atoms with E-state index in [2.05, 4.69) is 43.1 Å². The third-order valence-electron chi connectivity index (χ3n) is 5.44. The average molecular weight is 387 g/mol. The van der Waals surface area contributed by atoms with Gasteiger partial charge in [-0.3, -0.25) is 9.36 Å². The Bertz CT molecular complexity index is 767. The van der Waals surface area contributed by atoms with Crippen LogP contribution in [0.25, 0.3) is 5.69 Å². The molecule has 0 radical (unpaired) electrons. The number of carbonyl (C=O) groups excluding carboxylic acids is 1. The van der Waals surface area contributed by atoms with Crippen molar-refractivity contribution in [2.45, 2.75) is 69.3 Å². The Hall–Kier alpha value is -1.82. The minimum atomic E-state index is -0.163. The zero-order valence-electron chi connectivity index (χ0n) is 16.8. The normalized spacial score (nSPS) is 16.5. The molecule has 27 heavy (non-hydrogen) atoms. The van der Waals surface area contributed by atoms with Gasteiger partial charge >= 0.3 is 0 Å². The Morgan fingerprint density at radius 1 is 1.22 bits per heavy atom. The van der Waals surface area contributed by atoms with Crippen molar-refractivity contribution in [2.75, 3.05) is 7.05 Å². The molecule has 1 saturated carbocycles. The van der Waals surface area contributed by atoms with Gasteiger partial charge in [0.05, 0.1) is 10.9 Å². The molecule has 1 aliphatic carbocycles. The van der Waals surface area contributed by atoms with Gasteiger partial charge in [-0.2, -0.15) is 0 Å². The second-order valence-corrected chi connectivity index (χ2v) is 8.90. The molecule has 1 aliphatic rings. The molecule has 6 heteroatoms. The lowest BCUT2D eigenvalue weighted by Crippen LogP contribution is -2.44. The molecule has 146 valence electrons. The second kappa shape index (κ2) is 8.91. The number of nitrogens with zero attached hydrogens (tertiary/aromatic N) is 4. The van der Waals surface area contributed by atoms with Crippen LogP contribution in [0.3, 0.4) is 0 Å². The van der Waals surface area contributed by atoms with Gasteiger partial charge in [-0.05, 0) is 37.3 Å². The summed E-state index contributed by atoms with van der Waals surface area (Å²) >= 11 is 1.53. The maximum Gasteiger partial charge on any atom is 0.236 e. The fraction of sp³-hybridized carbons (Fsp3) is 0.571. The average Bonchev–Trinajstić information content (AvgIpc) is 3.14. The summed E-state index contributed by atoms with van der Waals surface area (Å²) in [5, 5.41) is 9.04. The molecular formula is C21H30N4OS. The number of rotatable bonds is 6. The Kier molecular flexibility index (Phi) is 6.58. The predicted octanol–water partition coefficient (Wildman–Crippen LogP) is 4.48. The van der Waals surface area contributed by atoms with Crippen molar-refractivity contribution in [1.29, 1.82) is 0 Å². The molecule has 0 saturated heterocycles. The number of aryl methyl sites for hydroxylation is 1. The first-order chi connectivity index (χ1) is 13.0. The van der Waals surface area contributed by atoms with Crippen LogP contribution in [0.5, 0.6) is 0 Å². The molecular weight excluding hydrogens is 356 g/mol. The highest BCUT2D eigenvalue weighted by Crippen LogP contribution is 2.32. The maximum atomic E-state index is 13.3. The highest BCUT2D eigenvalue weighted by atomic mass is 32.2. The third-order valence-corrected chi connectivity index (χ3v) is 6.93. The molecule has 1 amide bonds. The molecule has 1 fully saturated rings. The first kappa shape index (κ1) is 19.9. The van der Waals surface area contributed by atoms with Crippen LogP contribution in [0.4, 0.5) is 0 Å². The molecule has 1 aromatic heterocycles. The fourth-order valence-corrected chi connectivity index (χ4v) is 4.86. The van der Waals surface area contributed by atoms with Crippen LogP contribution in [0.1, 0.15) is 51.5 Å². The molecule has 3 rings (SSSR count). The quantitative estimate of drug-likeness (QED) is 0.687. The SMILES string of the molecule is Cc1ccccc1-n1cnnc1SC(C(=O)N(C)C1CCCCC1)C(C)C. The number of thioether (sulfide) groups is 1. The lowest BCUT2D eigenvalue weighted by molar-refractivity contribution is -0.132. The summed E-state index contributed by atoms with van der Waals surface area (Å²) in [6.45, 7) is 6.29. The molecule has 1 unspecified atom stereocenters. The smallest absolute Gasteiger partial charge is 0.236 e. The van der Waals surface area contributed by atoms with Crippen LogP contribution < -0.4 is 0 Å². The largest absolute Gasteiger partial charge is 0.342 e. The molecule has 1 atom stereocenters. The van der Waals surface area contributed by atoms with E-state index in [0.29, 0.717) is 6.04 Å². The highest BCUT2D eigenvalue weighted by molar-refractivity contribution is 8.00. The van der Waals surface area contributed by atoms with Crippen LogP contribution in [0.15, 0.2) is 35.7 Å². The lowest BCUT2D eigenvalue weighted by Gasteiger charge is -2.34. The summed E-state index contributed by atoms with van der Waals surface area (Å²) in [5.41, 5.74) is 2.21. The van der Waals surface area contributed by atoms with Crippen molar-refractivity contribution in [3.05, 3.63) is 36.2 Å². The predicted molar refractivity (Wildman–Crippen MR) is 110 cm³/mol. The fourth-order valence-electron chi connectivity index (χ4n) is 3.74. The van der Waals surface area contributed by atoms with Gasteiger partial charge in [0, 0.05) is 13.1 Å². The van der Waals surface area contributed by atoms with Gasteiger partial charge in [0.2, 0.25) is 5.91 Å². The van der Waals surface area contributed by atoms with Gasteiger partial charge in [-0.25, -0.2) is 0 Å². The maximum absolute atomic E-state index is 13.3. The lowest BCUT2D eigenvalue weighted by atomic mass is 9.94. The molecule has 1 aromatic carbocycles. The standard InChI is InChI=1S/C21H30N4OS/c1-15(2)19(20(26)24(4)17-11-6-5-7-12-17)27-21-23-22-14-25(21)18-13-9-8-10-16(18)3/h8-10,13-15,17,19H,5-7,11-12H2,1-4H3.